The van der Waals surface area contributed by atoms with Gasteiger partial charge < -0.3 is 25.4 Å². The van der Waals surface area contributed by atoms with E-state index in [1.807, 2.05) is 30.3 Å². The van der Waals surface area contributed by atoms with Crippen LogP contribution in [-0.2, 0) is 11.2 Å². The highest BCUT2D eigenvalue weighted by Crippen LogP contribution is 2.25. The van der Waals surface area contributed by atoms with Crippen molar-refractivity contribution in [3.63, 3.8) is 0 Å². The van der Waals surface area contributed by atoms with Crippen LogP contribution < -0.4 is 5.32 Å². The number of rotatable bonds is 5. The number of nitrogens with one attached hydrogen (secondary N) is 2. The molecule has 1 saturated heterocycles. The van der Waals surface area contributed by atoms with Crippen LogP contribution >= 0.6 is 11.3 Å². The van der Waals surface area contributed by atoms with Crippen molar-refractivity contribution in [2.45, 2.75) is 24.7 Å². The zero-order chi connectivity index (χ0) is 21.3. The number of aromatic nitrogens is 1. The van der Waals surface area contributed by atoms with Crippen LogP contribution in [0, 0.1) is 11.3 Å². The minimum absolute atomic E-state index is 0.0241. The SMILES string of the molecule is N#Cc1cc2[nH]c(C(=O)N[C@@H](Cc3ccccc3)C(=O)N3C[C@@H](O)[C@@H](O)C3)cc2s1. The van der Waals surface area contributed by atoms with Gasteiger partial charge in [-0.15, -0.1) is 11.3 Å². The molecule has 0 spiro atoms. The number of benzene rings is 1. The van der Waals surface area contributed by atoms with E-state index in [2.05, 4.69) is 16.4 Å². The number of likely N-dealkylation sites (tertiary alicyclic amines) is 1. The number of nitriles is 1. The molecule has 0 saturated carbocycles. The van der Waals surface area contributed by atoms with Crippen molar-refractivity contribution in [1.29, 1.82) is 5.26 Å². The average Bonchev–Trinajstić information content (AvgIpc) is 3.41. The lowest BCUT2D eigenvalue weighted by molar-refractivity contribution is -0.132. The van der Waals surface area contributed by atoms with Crippen LogP contribution in [0.3, 0.4) is 0 Å². The Kier molecular flexibility index (Phi) is 5.55. The topological polar surface area (TPSA) is 129 Å². The largest absolute Gasteiger partial charge is 0.388 e. The van der Waals surface area contributed by atoms with E-state index in [9.17, 15) is 19.8 Å². The number of β-amino-alcohol motifs (C(OH)–C–C–N with tert-alkyl or cyclic N) is 2. The number of carbonyl (C=O) groups is 2. The van der Waals surface area contributed by atoms with Crippen molar-refractivity contribution >= 4 is 33.4 Å². The summed E-state index contributed by atoms with van der Waals surface area (Å²) in [6.45, 7) is 0.0483. The zero-order valence-electron chi connectivity index (χ0n) is 15.9. The van der Waals surface area contributed by atoms with Gasteiger partial charge in [0, 0.05) is 19.5 Å². The summed E-state index contributed by atoms with van der Waals surface area (Å²) in [5.41, 5.74) is 1.87. The van der Waals surface area contributed by atoms with Crippen molar-refractivity contribution in [1.82, 2.24) is 15.2 Å². The summed E-state index contributed by atoms with van der Waals surface area (Å²) in [5, 5.41) is 31.3. The van der Waals surface area contributed by atoms with Crippen molar-refractivity contribution in [2.75, 3.05) is 13.1 Å². The predicted octanol–water partition coefficient (Wildman–Crippen LogP) is 1.01. The Morgan fingerprint density at radius 2 is 1.93 bits per heavy atom. The Hall–Kier alpha value is -3.19. The van der Waals surface area contributed by atoms with Gasteiger partial charge in [0.05, 0.1) is 22.4 Å². The molecule has 3 heterocycles. The second-order valence-corrected chi connectivity index (χ2v) is 8.36. The molecular weight excluding hydrogens is 404 g/mol. The van der Waals surface area contributed by atoms with E-state index < -0.39 is 24.2 Å². The van der Waals surface area contributed by atoms with Crippen LogP contribution in [0.25, 0.3) is 10.2 Å². The minimum Gasteiger partial charge on any atom is -0.388 e. The molecule has 4 N–H and O–H groups in total. The van der Waals surface area contributed by atoms with E-state index in [0.29, 0.717) is 16.1 Å². The quantitative estimate of drug-likeness (QED) is 0.486. The van der Waals surface area contributed by atoms with Gasteiger partial charge in [-0.25, -0.2) is 0 Å². The van der Waals surface area contributed by atoms with E-state index in [4.69, 9.17) is 5.26 Å². The molecule has 3 aromatic rings. The molecular formula is C21H20N4O4S. The summed E-state index contributed by atoms with van der Waals surface area (Å²) in [6.07, 6.45) is -1.71. The molecule has 4 rings (SSSR count). The second-order valence-electron chi connectivity index (χ2n) is 7.28. The van der Waals surface area contributed by atoms with Gasteiger partial charge in [-0.1, -0.05) is 30.3 Å². The van der Waals surface area contributed by atoms with Crippen molar-refractivity contribution in [3.05, 3.63) is 58.6 Å². The smallest absolute Gasteiger partial charge is 0.268 e. The maximum atomic E-state index is 13.1. The normalized spacial score (nSPS) is 19.6. The number of aliphatic hydroxyl groups is 2. The molecule has 0 unspecified atom stereocenters. The van der Waals surface area contributed by atoms with Crippen molar-refractivity contribution in [2.24, 2.45) is 0 Å². The van der Waals surface area contributed by atoms with Crippen molar-refractivity contribution in [3.8, 4) is 6.07 Å². The molecule has 1 aliphatic rings. The number of hydrogen-bond donors (Lipinski definition) is 4. The highest BCUT2D eigenvalue weighted by molar-refractivity contribution is 7.19. The van der Waals surface area contributed by atoms with Crippen LogP contribution in [0.15, 0.2) is 42.5 Å². The van der Waals surface area contributed by atoms with Crippen LogP contribution in [-0.4, -0.2) is 63.3 Å². The molecule has 1 fully saturated rings. The first kappa shape index (κ1) is 20.1. The Balaban J connectivity index is 1.54. The minimum atomic E-state index is -0.994. The van der Waals surface area contributed by atoms with Gasteiger partial charge >= 0.3 is 0 Å². The van der Waals surface area contributed by atoms with Crippen LogP contribution in [0.2, 0.25) is 0 Å². The molecule has 0 aliphatic carbocycles. The molecule has 30 heavy (non-hydrogen) atoms. The molecule has 3 atom stereocenters. The highest BCUT2D eigenvalue weighted by Gasteiger charge is 2.36. The zero-order valence-corrected chi connectivity index (χ0v) is 16.7. The van der Waals surface area contributed by atoms with E-state index in [1.165, 1.54) is 16.2 Å². The first-order valence-electron chi connectivity index (χ1n) is 9.47. The monoisotopic (exact) mass is 424 g/mol. The first-order chi connectivity index (χ1) is 14.4. The van der Waals surface area contributed by atoms with Crippen LogP contribution in [0.5, 0.6) is 0 Å². The number of amides is 2. The molecule has 9 heteroatoms. The lowest BCUT2D eigenvalue weighted by atomic mass is 10.0. The predicted molar refractivity (Wildman–Crippen MR) is 111 cm³/mol. The Bertz CT molecular complexity index is 1080. The summed E-state index contributed by atoms with van der Waals surface area (Å²) in [6, 6.07) is 13.9. The molecule has 1 aromatic carbocycles. The molecule has 0 bridgehead atoms. The Labute approximate surface area is 176 Å². The third-order valence-corrected chi connectivity index (χ3v) is 6.10. The lowest BCUT2D eigenvalue weighted by Crippen LogP contribution is -2.49. The summed E-state index contributed by atoms with van der Waals surface area (Å²) in [7, 11) is 0. The second kappa shape index (κ2) is 8.28. The molecule has 0 radical (unpaired) electrons. The fourth-order valence-electron chi connectivity index (χ4n) is 3.56. The number of aliphatic hydroxyl groups excluding tert-OH is 2. The summed E-state index contributed by atoms with van der Waals surface area (Å²) in [4.78, 5) is 30.8. The third-order valence-electron chi connectivity index (χ3n) is 5.12. The molecule has 8 nitrogen and oxygen atoms in total. The fourth-order valence-corrected chi connectivity index (χ4v) is 4.41. The summed E-state index contributed by atoms with van der Waals surface area (Å²) in [5.74, 6) is -0.797. The van der Waals surface area contributed by atoms with Gasteiger partial charge in [-0.3, -0.25) is 9.59 Å². The number of hydrogen-bond acceptors (Lipinski definition) is 6. The van der Waals surface area contributed by atoms with Gasteiger partial charge in [0.1, 0.15) is 22.7 Å². The number of carbonyl (C=O) groups excluding carboxylic acids is 2. The highest BCUT2D eigenvalue weighted by atomic mass is 32.1. The van der Waals surface area contributed by atoms with Gasteiger partial charge in [-0.2, -0.15) is 5.26 Å². The van der Waals surface area contributed by atoms with Gasteiger partial charge in [-0.05, 0) is 17.7 Å². The van der Waals surface area contributed by atoms with Crippen LogP contribution in [0.4, 0.5) is 0 Å². The van der Waals surface area contributed by atoms with Crippen LogP contribution in [0.1, 0.15) is 20.9 Å². The Morgan fingerprint density at radius 1 is 1.23 bits per heavy atom. The summed E-state index contributed by atoms with van der Waals surface area (Å²) >= 11 is 1.28. The Morgan fingerprint density at radius 3 is 2.57 bits per heavy atom. The standard InChI is InChI=1S/C21H20N4O4S/c22-9-13-7-14-19(30-13)8-15(23-14)20(28)24-16(6-12-4-2-1-3-5-12)21(29)25-10-17(26)18(27)11-25/h1-5,7-8,16-18,23,26-27H,6,10-11H2,(H,24,28)/t16-,17-,18+/m0/s1. The molecule has 154 valence electrons. The first-order valence-corrected chi connectivity index (χ1v) is 10.3. The van der Waals surface area contributed by atoms with E-state index in [0.717, 1.165) is 10.3 Å². The molecule has 2 aromatic heterocycles. The molecule has 2 amide bonds. The van der Waals surface area contributed by atoms with E-state index >= 15 is 0 Å². The van der Waals surface area contributed by atoms with Gasteiger partial charge in [0.25, 0.3) is 5.91 Å². The van der Waals surface area contributed by atoms with E-state index in [1.54, 1.807) is 12.1 Å². The number of H-pyrrole nitrogens is 1. The number of fused-ring (bicyclic) bond motifs is 1. The van der Waals surface area contributed by atoms with Gasteiger partial charge in [0.15, 0.2) is 0 Å². The fraction of sp³-hybridized carbons (Fsp3) is 0.286. The third kappa shape index (κ3) is 4.07. The lowest BCUT2D eigenvalue weighted by Gasteiger charge is -2.24. The number of aromatic amines is 1. The van der Waals surface area contributed by atoms with Crippen molar-refractivity contribution < 1.29 is 19.8 Å². The van der Waals surface area contributed by atoms with Gasteiger partial charge in [0.2, 0.25) is 5.91 Å². The molecule has 1 aliphatic heterocycles. The van der Waals surface area contributed by atoms with E-state index in [-0.39, 0.29) is 25.4 Å². The number of thiophene rings is 1. The number of nitrogens with zero attached hydrogens (tertiary/aromatic N) is 2. The maximum absolute atomic E-state index is 13.1. The summed E-state index contributed by atoms with van der Waals surface area (Å²) < 4.78 is 0.786. The average molecular weight is 424 g/mol. The maximum Gasteiger partial charge on any atom is 0.268 e.